The molecule has 2 aromatic carbocycles. The van der Waals surface area contributed by atoms with Gasteiger partial charge in [-0.1, -0.05) is 36.4 Å². The van der Waals surface area contributed by atoms with Gasteiger partial charge in [-0.25, -0.2) is 0 Å². The van der Waals surface area contributed by atoms with Gasteiger partial charge < -0.3 is 19.9 Å². The average molecular weight is 355 g/mol. The van der Waals surface area contributed by atoms with Crippen molar-refractivity contribution in [3.8, 4) is 11.5 Å². The zero-order chi connectivity index (χ0) is 18.4. The Kier molecular flexibility index (Phi) is 5.73. The number of aryl methyl sites for hydroxylation is 1. The molecule has 0 fully saturated rings. The number of fused-ring (bicyclic) bond motifs is 1. The minimum atomic E-state index is -0.925. The predicted octanol–water partition coefficient (Wildman–Crippen LogP) is 2.55. The lowest BCUT2D eigenvalue weighted by molar-refractivity contribution is -0.137. The first-order chi connectivity index (χ1) is 12.6. The quantitative estimate of drug-likeness (QED) is 0.760. The highest BCUT2D eigenvalue weighted by atomic mass is 16.7. The van der Waals surface area contributed by atoms with Crippen LogP contribution in [0.3, 0.4) is 0 Å². The Morgan fingerprint density at radius 3 is 2.58 bits per heavy atom. The molecule has 1 heterocycles. The summed E-state index contributed by atoms with van der Waals surface area (Å²) in [5, 5.41) is 12.0. The molecule has 0 aromatic heterocycles. The summed E-state index contributed by atoms with van der Waals surface area (Å²) in [6.07, 6.45) is 1.35. The van der Waals surface area contributed by atoms with Gasteiger partial charge >= 0.3 is 5.97 Å². The Morgan fingerprint density at radius 2 is 1.81 bits per heavy atom. The van der Waals surface area contributed by atoms with Crippen LogP contribution in [0.15, 0.2) is 48.5 Å². The van der Waals surface area contributed by atoms with Crippen molar-refractivity contribution in [2.75, 3.05) is 6.79 Å². The van der Waals surface area contributed by atoms with E-state index in [4.69, 9.17) is 14.6 Å². The van der Waals surface area contributed by atoms with Gasteiger partial charge in [0.15, 0.2) is 11.5 Å². The smallest absolute Gasteiger partial charge is 0.305 e. The van der Waals surface area contributed by atoms with Crippen LogP contribution in [0.1, 0.15) is 24.0 Å². The van der Waals surface area contributed by atoms with Crippen LogP contribution in [0, 0.1) is 0 Å². The van der Waals surface area contributed by atoms with Gasteiger partial charge in [-0.05, 0) is 36.1 Å². The number of hydrogen-bond acceptors (Lipinski definition) is 4. The number of rotatable bonds is 8. The number of carboxylic acids is 1. The molecule has 6 nitrogen and oxygen atoms in total. The van der Waals surface area contributed by atoms with Crippen LogP contribution in [0.2, 0.25) is 0 Å². The van der Waals surface area contributed by atoms with Crippen molar-refractivity contribution in [3.05, 3.63) is 59.7 Å². The number of carbonyl (C=O) groups is 2. The van der Waals surface area contributed by atoms with E-state index in [0.29, 0.717) is 24.3 Å². The minimum Gasteiger partial charge on any atom is -0.481 e. The number of carbonyl (C=O) groups excluding carboxylic acids is 1. The summed E-state index contributed by atoms with van der Waals surface area (Å²) in [6, 6.07) is 14.8. The molecule has 0 radical (unpaired) electrons. The maximum atomic E-state index is 12.3. The normalized spacial score (nSPS) is 13.2. The highest BCUT2D eigenvalue weighted by molar-refractivity contribution is 5.80. The summed E-state index contributed by atoms with van der Waals surface area (Å²) in [5.74, 6) is 0.164. The number of aliphatic carboxylic acids is 1. The molecular weight excluding hydrogens is 334 g/mol. The van der Waals surface area contributed by atoms with Crippen molar-refractivity contribution in [2.24, 2.45) is 0 Å². The highest BCUT2D eigenvalue weighted by Crippen LogP contribution is 2.32. The van der Waals surface area contributed by atoms with Crippen LogP contribution in [-0.4, -0.2) is 29.8 Å². The largest absolute Gasteiger partial charge is 0.481 e. The SMILES string of the molecule is O=C(O)CC(CCc1ccccc1)NC(=O)Cc1ccc2c(c1)OCO2. The maximum Gasteiger partial charge on any atom is 0.305 e. The molecule has 1 atom stereocenters. The molecule has 1 unspecified atom stereocenters. The van der Waals surface area contributed by atoms with Gasteiger partial charge in [0.05, 0.1) is 12.8 Å². The van der Waals surface area contributed by atoms with E-state index in [1.165, 1.54) is 0 Å². The number of amides is 1. The van der Waals surface area contributed by atoms with Crippen molar-refractivity contribution in [3.63, 3.8) is 0 Å². The van der Waals surface area contributed by atoms with Crippen molar-refractivity contribution in [2.45, 2.75) is 31.7 Å². The van der Waals surface area contributed by atoms with Crippen LogP contribution < -0.4 is 14.8 Å². The fourth-order valence-electron chi connectivity index (χ4n) is 2.94. The lowest BCUT2D eigenvalue weighted by atomic mass is 10.0. The topological polar surface area (TPSA) is 84.9 Å². The van der Waals surface area contributed by atoms with Gasteiger partial charge in [-0.15, -0.1) is 0 Å². The Bertz CT molecular complexity index is 775. The van der Waals surface area contributed by atoms with Crippen molar-refractivity contribution >= 4 is 11.9 Å². The molecule has 6 heteroatoms. The molecule has 0 bridgehead atoms. The number of hydrogen-bond donors (Lipinski definition) is 2. The molecular formula is C20H21NO5. The molecule has 0 saturated carbocycles. The summed E-state index contributed by atoms with van der Waals surface area (Å²) >= 11 is 0. The maximum absolute atomic E-state index is 12.3. The number of ether oxygens (including phenoxy) is 2. The van der Waals surface area contributed by atoms with Crippen LogP contribution in [0.5, 0.6) is 11.5 Å². The van der Waals surface area contributed by atoms with Gasteiger partial charge in [0.2, 0.25) is 12.7 Å². The van der Waals surface area contributed by atoms with Gasteiger partial charge in [0.1, 0.15) is 0 Å². The molecule has 136 valence electrons. The van der Waals surface area contributed by atoms with Crippen LogP contribution in [-0.2, 0) is 22.4 Å². The summed E-state index contributed by atoms with van der Waals surface area (Å²) in [7, 11) is 0. The molecule has 2 N–H and O–H groups in total. The van der Waals surface area contributed by atoms with Crippen molar-refractivity contribution < 1.29 is 24.2 Å². The average Bonchev–Trinajstić information content (AvgIpc) is 3.08. The van der Waals surface area contributed by atoms with E-state index in [9.17, 15) is 9.59 Å². The third-order valence-electron chi connectivity index (χ3n) is 4.21. The van der Waals surface area contributed by atoms with E-state index in [2.05, 4.69) is 5.32 Å². The Hall–Kier alpha value is -3.02. The number of carboxylic acid groups (broad SMARTS) is 1. The molecule has 26 heavy (non-hydrogen) atoms. The molecule has 0 aliphatic carbocycles. The lowest BCUT2D eigenvalue weighted by Crippen LogP contribution is -2.37. The fraction of sp³-hybridized carbons (Fsp3) is 0.300. The van der Waals surface area contributed by atoms with Crippen LogP contribution in [0.25, 0.3) is 0 Å². The first-order valence-corrected chi connectivity index (χ1v) is 8.54. The van der Waals surface area contributed by atoms with Crippen molar-refractivity contribution in [1.82, 2.24) is 5.32 Å². The predicted molar refractivity (Wildman–Crippen MR) is 95.2 cm³/mol. The van der Waals surface area contributed by atoms with E-state index in [0.717, 1.165) is 11.1 Å². The van der Waals surface area contributed by atoms with E-state index in [-0.39, 0.29) is 25.5 Å². The molecule has 1 aliphatic rings. The lowest BCUT2D eigenvalue weighted by Gasteiger charge is -2.17. The number of benzene rings is 2. The second-order valence-corrected chi connectivity index (χ2v) is 6.25. The first-order valence-electron chi connectivity index (χ1n) is 8.54. The van der Waals surface area contributed by atoms with Gasteiger partial charge in [0.25, 0.3) is 0 Å². The molecule has 0 spiro atoms. The monoisotopic (exact) mass is 355 g/mol. The van der Waals surface area contributed by atoms with E-state index in [1.807, 2.05) is 36.4 Å². The second kappa shape index (κ2) is 8.38. The summed E-state index contributed by atoms with van der Waals surface area (Å²) < 4.78 is 10.6. The molecule has 3 rings (SSSR count). The van der Waals surface area contributed by atoms with Gasteiger partial charge in [-0.3, -0.25) is 9.59 Å². The Labute approximate surface area is 151 Å². The molecule has 1 aliphatic heterocycles. The second-order valence-electron chi connectivity index (χ2n) is 6.25. The standard InChI is InChI=1S/C20H21NO5/c22-19(11-15-7-9-17-18(10-15)26-13-25-17)21-16(12-20(23)24)8-6-14-4-2-1-3-5-14/h1-5,7,9-10,16H,6,8,11-13H2,(H,21,22)(H,23,24). The fourth-order valence-corrected chi connectivity index (χ4v) is 2.94. The third kappa shape index (κ3) is 4.99. The van der Waals surface area contributed by atoms with Gasteiger partial charge in [0, 0.05) is 6.04 Å². The summed E-state index contributed by atoms with van der Waals surface area (Å²) in [6.45, 7) is 0.186. The third-order valence-corrected chi connectivity index (χ3v) is 4.21. The van der Waals surface area contributed by atoms with E-state index >= 15 is 0 Å². The van der Waals surface area contributed by atoms with E-state index < -0.39 is 12.0 Å². The highest BCUT2D eigenvalue weighted by Gasteiger charge is 2.18. The zero-order valence-corrected chi connectivity index (χ0v) is 14.3. The van der Waals surface area contributed by atoms with Crippen LogP contribution in [0.4, 0.5) is 0 Å². The first kappa shape index (κ1) is 17.8. The summed E-state index contributed by atoms with van der Waals surface area (Å²) in [5.41, 5.74) is 1.91. The molecule has 0 saturated heterocycles. The summed E-state index contributed by atoms with van der Waals surface area (Å²) in [4.78, 5) is 23.4. The van der Waals surface area contributed by atoms with Crippen LogP contribution >= 0.6 is 0 Å². The number of nitrogens with one attached hydrogen (secondary N) is 1. The van der Waals surface area contributed by atoms with Crippen molar-refractivity contribution in [1.29, 1.82) is 0 Å². The zero-order valence-electron chi connectivity index (χ0n) is 14.3. The molecule has 2 aromatic rings. The molecule has 1 amide bonds. The van der Waals surface area contributed by atoms with Gasteiger partial charge in [-0.2, -0.15) is 0 Å². The van der Waals surface area contributed by atoms with E-state index in [1.54, 1.807) is 12.1 Å². The Morgan fingerprint density at radius 1 is 1.04 bits per heavy atom. The minimum absolute atomic E-state index is 0.0975. The Balaban J connectivity index is 1.56.